The molecule has 1 aliphatic rings. The Morgan fingerprint density at radius 2 is 1.21 bits per heavy atom. The molecule has 4 nitrogen and oxygen atoms in total. The Labute approximate surface area is 167 Å². The van der Waals surface area contributed by atoms with Gasteiger partial charge in [0.1, 0.15) is 11.5 Å². The maximum atomic E-state index is 12.4. The molecule has 4 heteroatoms. The molecule has 0 radical (unpaired) electrons. The predicted molar refractivity (Wildman–Crippen MR) is 111 cm³/mol. The number of carbonyl (C=O) groups excluding carboxylic acids is 2. The van der Waals surface area contributed by atoms with Crippen LogP contribution in [0.3, 0.4) is 0 Å². The molecule has 0 aliphatic heterocycles. The minimum absolute atomic E-state index is 0.188. The first-order valence-electron chi connectivity index (χ1n) is 10.6. The van der Waals surface area contributed by atoms with Crippen molar-refractivity contribution in [3.8, 4) is 11.5 Å². The summed E-state index contributed by atoms with van der Waals surface area (Å²) >= 11 is 0. The van der Waals surface area contributed by atoms with Crippen LogP contribution in [0.4, 0.5) is 0 Å². The molecule has 0 unspecified atom stereocenters. The molecular weight excluding hydrogens is 352 g/mol. The summed E-state index contributed by atoms with van der Waals surface area (Å²) < 4.78 is 11.7. The molecule has 0 spiro atoms. The minimum atomic E-state index is -0.188. The van der Waals surface area contributed by atoms with E-state index in [0.717, 1.165) is 73.3 Å². The Morgan fingerprint density at radius 1 is 0.786 bits per heavy atom. The van der Waals surface area contributed by atoms with Gasteiger partial charge >= 0.3 is 11.9 Å². The lowest BCUT2D eigenvalue weighted by molar-refractivity contribution is -0.135. The van der Waals surface area contributed by atoms with Gasteiger partial charge in [0.25, 0.3) is 0 Å². The second kappa shape index (κ2) is 9.72. The van der Waals surface area contributed by atoms with Crippen molar-refractivity contribution >= 4 is 22.7 Å². The van der Waals surface area contributed by atoms with Crippen molar-refractivity contribution < 1.29 is 19.1 Å². The monoisotopic (exact) mass is 382 g/mol. The average Bonchev–Trinajstić information content (AvgIpc) is 2.73. The zero-order valence-electron chi connectivity index (χ0n) is 17.0. The van der Waals surface area contributed by atoms with Crippen LogP contribution in [0.5, 0.6) is 11.5 Å². The van der Waals surface area contributed by atoms with Gasteiger partial charge in [-0.15, -0.1) is 0 Å². The SMILES string of the molecule is CCCCC(=O)Oc1c2c(c(OC(=O)CCCC)c3ccccc13)CCCC2. The fraction of sp³-hybridized carbons (Fsp3) is 0.500. The van der Waals surface area contributed by atoms with Crippen LogP contribution < -0.4 is 9.47 Å². The average molecular weight is 383 g/mol. The number of rotatable bonds is 8. The van der Waals surface area contributed by atoms with Crippen molar-refractivity contribution in [2.75, 3.05) is 0 Å². The molecule has 0 amide bonds. The Kier molecular flexibility index (Phi) is 7.07. The van der Waals surface area contributed by atoms with Crippen LogP contribution in [-0.4, -0.2) is 11.9 Å². The number of ether oxygens (including phenoxy) is 2. The summed E-state index contributed by atoms with van der Waals surface area (Å²) in [5.74, 6) is 0.958. The van der Waals surface area contributed by atoms with E-state index in [1.807, 2.05) is 24.3 Å². The molecule has 0 N–H and O–H groups in total. The maximum Gasteiger partial charge on any atom is 0.311 e. The standard InChI is InChI=1S/C24H30O4/c1-3-5-15-21(25)27-23-17-11-7-9-13-19(17)24(28-22(26)16-6-4-2)20-14-10-8-12-18(20)23/h7,9,11,13H,3-6,8,10,12,14-16H2,1-2H3. The smallest absolute Gasteiger partial charge is 0.311 e. The van der Waals surface area contributed by atoms with Crippen molar-refractivity contribution in [1.29, 1.82) is 0 Å². The van der Waals surface area contributed by atoms with Crippen LogP contribution in [0.1, 0.15) is 76.3 Å². The molecule has 0 saturated carbocycles. The number of unbranched alkanes of at least 4 members (excludes halogenated alkanes) is 2. The third-order valence-electron chi connectivity index (χ3n) is 5.33. The highest BCUT2D eigenvalue weighted by Crippen LogP contribution is 2.44. The molecule has 0 fully saturated rings. The second-order valence-corrected chi connectivity index (χ2v) is 7.52. The van der Waals surface area contributed by atoms with Crippen molar-refractivity contribution in [1.82, 2.24) is 0 Å². The van der Waals surface area contributed by atoms with Crippen LogP contribution in [0.25, 0.3) is 10.8 Å². The fourth-order valence-electron chi connectivity index (χ4n) is 3.82. The summed E-state index contributed by atoms with van der Waals surface area (Å²) in [6.45, 7) is 4.12. The Morgan fingerprint density at radius 3 is 1.61 bits per heavy atom. The van der Waals surface area contributed by atoms with E-state index in [-0.39, 0.29) is 11.9 Å². The zero-order valence-corrected chi connectivity index (χ0v) is 17.0. The number of fused-ring (bicyclic) bond motifs is 2. The summed E-state index contributed by atoms with van der Waals surface area (Å²) in [7, 11) is 0. The molecule has 0 atom stereocenters. The Hall–Kier alpha value is -2.36. The summed E-state index contributed by atoms with van der Waals surface area (Å²) in [5, 5.41) is 1.71. The van der Waals surface area contributed by atoms with Gasteiger partial charge in [0, 0.05) is 34.7 Å². The molecule has 0 bridgehead atoms. The van der Waals surface area contributed by atoms with Crippen LogP contribution in [0.2, 0.25) is 0 Å². The van der Waals surface area contributed by atoms with Gasteiger partial charge in [-0.1, -0.05) is 51.0 Å². The topological polar surface area (TPSA) is 52.6 Å². The van der Waals surface area contributed by atoms with Crippen LogP contribution in [0, 0.1) is 0 Å². The van der Waals surface area contributed by atoms with E-state index in [1.165, 1.54) is 0 Å². The summed E-state index contributed by atoms with van der Waals surface area (Å²) in [6.07, 6.45) is 8.20. The summed E-state index contributed by atoms with van der Waals surface area (Å²) in [4.78, 5) is 24.7. The highest BCUT2D eigenvalue weighted by Gasteiger charge is 2.26. The molecule has 2 aromatic rings. The molecule has 1 aliphatic carbocycles. The van der Waals surface area contributed by atoms with Crippen LogP contribution in [0.15, 0.2) is 24.3 Å². The molecule has 0 aromatic heterocycles. The molecule has 2 aromatic carbocycles. The molecule has 150 valence electrons. The van der Waals surface area contributed by atoms with Gasteiger partial charge < -0.3 is 9.47 Å². The van der Waals surface area contributed by atoms with E-state index >= 15 is 0 Å². The number of benzene rings is 2. The van der Waals surface area contributed by atoms with Crippen molar-refractivity contribution in [2.45, 2.75) is 78.1 Å². The predicted octanol–water partition coefficient (Wildman–Crippen LogP) is 5.91. The number of hydrogen-bond acceptors (Lipinski definition) is 4. The molecular formula is C24H30O4. The van der Waals surface area contributed by atoms with Crippen molar-refractivity contribution in [3.63, 3.8) is 0 Å². The first-order chi connectivity index (χ1) is 13.7. The number of hydrogen-bond donors (Lipinski definition) is 0. The Balaban J connectivity index is 2.06. The largest absolute Gasteiger partial charge is 0.426 e. The van der Waals surface area contributed by atoms with Gasteiger partial charge in [-0.05, 0) is 38.5 Å². The van der Waals surface area contributed by atoms with Gasteiger partial charge in [0.15, 0.2) is 0 Å². The molecule has 0 heterocycles. The highest BCUT2D eigenvalue weighted by atomic mass is 16.5. The zero-order chi connectivity index (χ0) is 19.9. The van der Waals surface area contributed by atoms with E-state index in [2.05, 4.69) is 13.8 Å². The van der Waals surface area contributed by atoms with Gasteiger partial charge in [-0.2, -0.15) is 0 Å². The van der Waals surface area contributed by atoms with E-state index in [4.69, 9.17) is 9.47 Å². The van der Waals surface area contributed by atoms with Gasteiger partial charge in [0.05, 0.1) is 0 Å². The van der Waals surface area contributed by atoms with E-state index in [0.29, 0.717) is 24.3 Å². The van der Waals surface area contributed by atoms with E-state index < -0.39 is 0 Å². The van der Waals surface area contributed by atoms with Crippen LogP contribution in [-0.2, 0) is 22.4 Å². The lowest BCUT2D eigenvalue weighted by atomic mass is 9.87. The van der Waals surface area contributed by atoms with Crippen LogP contribution >= 0.6 is 0 Å². The third-order valence-corrected chi connectivity index (χ3v) is 5.33. The van der Waals surface area contributed by atoms with E-state index in [9.17, 15) is 9.59 Å². The van der Waals surface area contributed by atoms with Crippen molar-refractivity contribution in [2.24, 2.45) is 0 Å². The Bertz CT molecular complexity index is 783. The quantitative estimate of drug-likeness (QED) is 0.421. The van der Waals surface area contributed by atoms with Gasteiger partial charge in [0.2, 0.25) is 0 Å². The first kappa shape index (κ1) is 20.4. The number of esters is 2. The molecule has 0 saturated heterocycles. The van der Waals surface area contributed by atoms with Gasteiger partial charge in [-0.25, -0.2) is 0 Å². The maximum absolute atomic E-state index is 12.4. The van der Waals surface area contributed by atoms with Crippen molar-refractivity contribution in [3.05, 3.63) is 35.4 Å². The lowest BCUT2D eigenvalue weighted by Gasteiger charge is -2.24. The van der Waals surface area contributed by atoms with E-state index in [1.54, 1.807) is 0 Å². The molecule has 3 rings (SSSR count). The fourth-order valence-corrected chi connectivity index (χ4v) is 3.82. The minimum Gasteiger partial charge on any atom is -0.426 e. The third kappa shape index (κ3) is 4.54. The normalized spacial score (nSPS) is 13.2. The first-order valence-corrected chi connectivity index (χ1v) is 10.6. The summed E-state index contributed by atoms with van der Waals surface area (Å²) in [6, 6.07) is 7.78. The second-order valence-electron chi connectivity index (χ2n) is 7.52. The van der Waals surface area contributed by atoms with Gasteiger partial charge in [-0.3, -0.25) is 9.59 Å². The number of carbonyl (C=O) groups is 2. The lowest BCUT2D eigenvalue weighted by Crippen LogP contribution is -2.16. The molecule has 28 heavy (non-hydrogen) atoms. The highest BCUT2D eigenvalue weighted by molar-refractivity contribution is 5.98. The summed E-state index contributed by atoms with van der Waals surface area (Å²) in [5.41, 5.74) is 2.07.